The van der Waals surface area contributed by atoms with E-state index in [1.807, 2.05) is 13.0 Å². The topological polar surface area (TPSA) is 73.4 Å². The van der Waals surface area contributed by atoms with E-state index in [4.69, 9.17) is 0 Å². The number of fused-ring (bicyclic) bond motifs is 2. The zero-order valence-electron chi connectivity index (χ0n) is 16.7. The minimum absolute atomic E-state index is 0.0477. The lowest BCUT2D eigenvalue weighted by atomic mass is 9.71. The van der Waals surface area contributed by atoms with Gasteiger partial charge in [-0.15, -0.1) is 0 Å². The summed E-state index contributed by atoms with van der Waals surface area (Å²) in [5.41, 5.74) is 5.74. The molecular formula is C23H26N2O3S. The van der Waals surface area contributed by atoms with Crippen molar-refractivity contribution in [3.8, 4) is 0 Å². The Morgan fingerprint density at radius 1 is 1.24 bits per heavy atom. The third kappa shape index (κ3) is 3.19. The predicted octanol–water partition coefficient (Wildman–Crippen LogP) is 3.93. The number of nitrogens with zero attached hydrogens (tertiary/aromatic N) is 1. The minimum atomic E-state index is -4.22. The summed E-state index contributed by atoms with van der Waals surface area (Å²) in [4.78, 5) is 5.90. The number of aromatic amines is 1. The molecular weight excluding hydrogens is 384 g/mol. The Balaban J connectivity index is 1.50. The van der Waals surface area contributed by atoms with Gasteiger partial charge in [-0.05, 0) is 68.0 Å². The molecule has 0 unspecified atom stereocenters. The van der Waals surface area contributed by atoms with Crippen molar-refractivity contribution in [3.05, 3.63) is 64.8 Å². The van der Waals surface area contributed by atoms with Crippen LogP contribution in [0.4, 0.5) is 0 Å². The van der Waals surface area contributed by atoms with Gasteiger partial charge in [-0.25, -0.2) is 0 Å². The summed E-state index contributed by atoms with van der Waals surface area (Å²) in [6, 6.07) is 12.2. The molecule has 5 rings (SSSR count). The average molecular weight is 411 g/mol. The summed E-state index contributed by atoms with van der Waals surface area (Å²) in [5.74, 6) is 0.768. The van der Waals surface area contributed by atoms with Gasteiger partial charge in [0, 0.05) is 35.6 Å². The summed E-state index contributed by atoms with van der Waals surface area (Å²) in [7, 11) is -2.04. The zero-order chi connectivity index (χ0) is 20.3. The third-order valence-electron chi connectivity index (χ3n) is 6.81. The van der Waals surface area contributed by atoms with Gasteiger partial charge in [0.15, 0.2) is 0 Å². The van der Waals surface area contributed by atoms with E-state index >= 15 is 0 Å². The molecule has 0 amide bonds. The van der Waals surface area contributed by atoms with E-state index in [1.54, 1.807) is 6.07 Å². The zero-order valence-corrected chi connectivity index (χ0v) is 17.5. The van der Waals surface area contributed by atoms with Crippen molar-refractivity contribution in [2.45, 2.75) is 43.0 Å². The Hall–Kier alpha value is -2.15. The number of aryl methyl sites for hydroxylation is 1. The van der Waals surface area contributed by atoms with E-state index in [0.29, 0.717) is 24.3 Å². The Morgan fingerprint density at radius 3 is 2.86 bits per heavy atom. The average Bonchev–Trinajstić information content (AvgIpc) is 3.06. The summed E-state index contributed by atoms with van der Waals surface area (Å²) in [5, 5.41) is 1.37. The Morgan fingerprint density at radius 2 is 2.07 bits per heavy atom. The largest absolute Gasteiger partial charge is 0.361 e. The molecule has 5 nitrogen and oxygen atoms in total. The highest BCUT2D eigenvalue weighted by atomic mass is 32.2. The Labute approximate surface area is 171 Å². The second-order valence-electron chi connectivity index (χ2n) is 8.79. The molecule has 3 atom stereocenters. The standard InChI is InChI=1S/C23H26N2O3S/c1-14-6-7-22(29(26,27)28)16(8-14)9-15-10-19-18-4-3-5-20-23(18)17(12-24-20)11-21(19)25(2)13-15/h3-8,12,15,19,21,24H,9-11,13H2,1-2H3,(H,26,27,28)/t15-,19-,21-/m1/s1. The molecule has 29 heavy (non-hydrogen) atoms. The number of hydrogen-bond acceptors (Lipinski definition) is 3. The highest BCUT2D eigenvalue weighted by Crippen LogP contribution is 2.45. The molecule has 0 saturated carbocycles. The third-order valence-corrected chi connectivity index (χ3v) is 7.77. The maximum absolute atomic E-state index is 11.9. The monoisotopic (exact) mass is 410 g/mol. The normalized spacial score (nSPS) is 24.6. The van der Waals surface area contributed by atoms with Crippen LogP contribution in [0.15, 0.2) is 47.5 Å². The number of likely N-dealkylation sites (N-methyl/N-ethyl adjacent to an activating group) is 1. The van der Waals surface area contributed by atoms with Gasteiger partial charge in [0.1, 0.15) is 0 Å². The maximum atomic E-state index is 11.9. The fourth-order valence-corrected chi connectivity index (χ4v) is 6.35. The summed E-state index contributed by atoms with van der Waals surface area (Å²) in [6.07, 6.45) is 4.87. The van der Waals surface area contributed by atoms with Crippen LogP contribution in [0.5, 0.6) is 0 Å². The molecule has 0 spiro atoms. The van der Waals surface area contributed by atoms with Gasteiger partial charge in [-0.2, -0.15) is 8.42 Å². The SMILES string of the molecule is Cc1ccc(S(=O)(=O)O)c(C[C@@H]2C[C@@H]3c4cccc5[nH]cc(c45)C[C@H]3N(C)C2)c1. The first-order chi connectivity index (χ1) is 13.8. The van der Waals surface area contributed by atoms with Crippen LogP contribution in [-0.4, -0.2) is 42.5 Å². The van der Waals surface area contributed by atoms with Crippen molar-refractivity contribution >= 4 is 21.0 Å². The van der Waals surface area contributed by atoms with Crippen LogP contribution in [0.3, 0.4) is 0 Å². The molecule has 1 saturated heterocycles. The number of nitrogens with one attached hydrogen (secondary N) is 1. The van der Waals surface area contributed by atoms with Gasteiger partial charge in [0.2, 0.25) is 0 Å². The van der Waals surface area contributed by atoms with Gasteiger partial charge < -0.3 is 9.88 Å². The smallest absolute Gasteiger partial charge is 0.294 e. The molecule has 1 aliphatic heterocycles. The lowest BCUT2D eigenvalue weighted by molar-refractivity contribution is 0.111. The number of benzene rings is 2. The predicted molar refractivity (Wildman–Crippen MR) is 114 cm³/mol. The van der Waals surface area contributed by atoms with Crippen LogP contribution < -0.4 is 0 Å². The highest BCUT2D eigenvalue weighted by Gasteiger charge is 2.39. The molecule has 2 aromatic carbocycles. The summed E-state index contributed by atoms with van der Waals surface area (Å²) < 4.78 is 33.4. The second-order valence-corrected chi connectivity index (χ2v) is 10.2. The molecule has 2 N–H and O–H groups in total. The van der Waals surface area contributed by atoms with Gasteiger partial charge in [-0.3, -0.25) is 4.55 Å². The number of H-pyrrole nitrogens is 1. The van der Waals surface area contributed by atoms with E-state index in [1.165, 1.54) is 28.1 Å². The molecule has 2 aliphatic rings. The molecule has 3 aromatic rings. The lowest BCUT2D eigenvalue weighted by Crippen LogP contribution is -2.48. The summed E-state index contributed by atoms with van der Waals surface area (Å²) >= 11 is 0. The fraction of sp³-hybridized carbons (Fsp3) is 0.391. The molecule has 1 aliphatic carbocycles. The van der Waals surface area contributed by atoms with Crippen molar-refractivity contribution < 1.29 is 13.0 Å². The first-order valence-electron chi connectivity index (χ1n) is 10.2. The van der Waals surface area contributed by atoms with E-state index in [-0.39, 0.29) is 4.90 Å². The van der Waals surface area contributed by atoms with E-state index < -0.39 is 10.1 Å². The van der Waals surface area contributed by atoms with E-state index in [0.717, 1.165) is 30.5 Å². The first kappa shape index (κ1) is 18.9. The van der Waals surface area contributed by atoms with Crippen LogP contribution in [0.1, 0.15) is 34.6 Å². The van der Waals surface area contributed by atoms with Crippen LogP contribution >= 0.6 is 0 Å². The minimum Gasteiger partial charge on any atom is -0.361 e. The van der Waals surface area contributed by atoms with Gasteiger partial charge in [0.05, 0.1) is 4.90 Å². The molecule has 152 valence electrons. The van der Waals surface area contributed by atoms with Crippen LogP contribution in [0, 0.1) is 12.8 Å². The molecule has 2 heterocycles. The van der Waals surface area contributed by atoms with Gasteiger partial charge in [-0.1, -0.05) is 29.8 Å². The molecule has 6 heteroatoms. The molecule has 1 fully saturated rings. The lowest BCUT2D eigenvalue weighted by Gasteiger charge is -2.45. The number of hydrogen-bond donors (Lipinski definition) is 2. The number of likely N-dealkylation sites (tertiary alicyclic amines) is 1. The van der Waals surface area contributed by atoms with Crippen molar-refractivity contribution in [2.24, 2.45) is 5.92 Å². The van der Waals surface area contributed by atoms with Crippen molar-refractivity contribution in [2.75, 3.05) is 13.6 Å². The van der Waals surface area contributed by atoms with Gasteiger partial charge in [0.25, 0.3) is 10.1 Å². The van der Waals surface area contributed by atoms with Crippen molar-refractivity contribution in [1.82, 2.24) is 9.88 Å². The van der Waals surface area contributed by atoms with Crippen molar-refractivity contribution in [3.63, 3.8) is 0 Å². The summed E-state index contributed by atoms with van der Waals surface area (Å²) in [6.45, 7) is 2.88. The number of piperidine rings is 1. The highest BCUT2D eigenvalue weighted by molar-refractivity contribution is 7.85. The molecule has 0 radical (unpaired) electrons. The second kappa shape index (κ2) is 6.69. The van der Waals surface area contributed by atoms with Gasteiger partial charge >= 0.3 is 0 Å². The van der Waals surface area contributed by atoms with Crippen LogP contribution in [0.2, 0.25) is 0 Å². The molecule has 1 aromatic heterocycles. The fourth-order valence-electron chi connectivity index (χ4n) is 5.63. The Kier molecular flexibility index (Phi) is 4.35. The van der Waals surface area contributed by atoms with Crippen molar-refractivity contribution in [1.29, 1.82) is 0 Å². The Bertz CT molecular complexity index is 1200. The molecule has 0 bridgehead atoms. The van der Waals surface area contributed by atoms with E-state index in [2.05, 4.69) is 41.3 Å². The number of aromatic nitrogens is 1. The maximum Gasteiger partial charge on any atom is 0.294 e. The first-order valence-corrected chi connectivity index (χ1v) is 11.6. The van der Waals surface area contributed by atoms with Crippen LogP contribution in [-0.2, 0) is 23.0 Å². The van der Waals surface area contributed by atoms with E-state index in [9.17, 15) is 13.0 Å². The quantitative estimate of drug-likeness (QED) is 0.642. The van der Waals surface area contributed by atoms with Crippen LogP contribution in [0.25, 0.3) is 10.9 Å². The number of rotatable bonds is 3.